The summed E-state index contributed by atoms with van der Waals surface area (Å²) in [4.78, 5) is 10.9. The summed E-state index contributed by atoms with van der Waals surface area (Å²) in [6.45, 7) is 6.09. The van der Waals surface area contributed by atoms with E-state index in [2.05, 4.69) is 0 Å². The fraction of sp³-hybridized carbons (Fsp3) is 0.875. The van der Waals surface area contributed by atoms with E-state index < -0.39 is 12.0 Å². The summed E-state index contributed by atoms with van der Waals surface area (Å²) in [6, 6.07) is -0.660. The van der Waals surface area contributed by atoms with Crippen LogP contribution in [0.3, 0.4) is 0 Å². The molecule has 0 aromatic heterocycles. The normalized spacial score (nSPS) is 13.1. The first-order valence-electron chi connectivity index (χ1n) is 4.11. The summed E-state index contributed by atoms with van der Waals surface area (Å²) >= 11 is 0. The van der Waals surface area contributed by atoms with Crippen molar-refractivity contribution in [3.63, 3.8) is 0 Å². The molecule has 4 heteroatoms. The maximum Gasteiger partial charge on any atom is 0.325 e. The van der Waals surface area contributed by atoms with Gasteiger partial charge in [-0.3, -0.25) is 4.79 Å². The van der Waals surface area contributed by atoms with E-state index >= 15 is 0 Å². The largest absolute Gasteiger partial charge is 0.465 e. The molecule has 0 heterocycles. The number of carbonyl (C=O) groups excluding carboxylic acids is 1. The minimum Gasteiger partial charge on any atom is -0.465 e. The lowest BCUT2D eigenvalue weighted by atomic mass is 10.3. The van der Waals surface area contributed by atoms with Crippen LogP contribution in [0, 0.1) is 0 Å². The third kappa shape index (κ3) is 5.09. The van der Waals surface area contributed by atoms with Gasteiger partial charge in [0.15, 0.2) is 0 Å². The van der Waals surface area contributed by atoms with Gasteiger partial charge in [-0.15, -0.1) is 0 Å². The summed E-state index contributed by atoms with van der Waals surface area (Å²) in [5.41, 5.74) is 5.45. The van der Waals surface area contributed by atoms with Crippen LogP contribution in [0.25, 0.3) is 0 Å². The molecule has 0 unspecified atom stereocenters. The minimum atomic E-state index is -0.660. The molecule has 1 atom stereocenters. The highest BCUT2D eigenvalue weighted by Crippen LogP contribution is 1.92. The van der Waals surface area contributed by atoms with Crippen molar-refractivity contribution >= 4 is 5.97 Å². The summed E-state index contributed by atoms with van der Waals surface area (Å²) in [7, 11) is 0. The Kier molecular flexibility index (Phi) is 5.66. The number of hydrogen-bond acceptors (Lipinski definition) is 4. The predicted molar refractivity (Wildman–Crippen MR) is 45.7 cm³/mol. The number of rotatable bonds is 5. The van der Waals surface area contributed by atoms with E-state index in [-0.39, 0.29) is 12.7 Å². The average molecular weight is 175 g/mol. The van der Waals surface area contributed by atoms with Gasteiger partial charge < -0.3 is 15.2 Å². The van der Waals surface area contributed by atoms with Crippen LogP contribution in [0.4, 0.5) is 0 Å². The zero-order valence-electron chi connectivity index (χ0n) is 7.87. The van der Waals surface area contributed by atoms with Crippen LogP contribution in [0.15, 0.2) is 0 Å². The van der Waals surface area contributed by atoms with Crippen LogP contribution in [0.5, 0.6) is 0 Å². The fourth-order valence-electron chi connectivity index (χ4n) is 0.613. The monoisotopic (exact) mass is 175 g/mol. The van der Waals surface area contributed by atoms with Gasteiger partial charge in [-0.25, -0.2) is 0 Å². The maximum atomic E-state index is 10.9. The quantitative estimate of drug-likeness (QED) is 0.610. The number of carbonyl (C=O) groups is 1. The van der Waals surface area contributed by atoms with Crippen molar-refractivity contribution in [3.8, 4) is 0 Å². The molecule has 0 aliphatic rings. The first kappa shape index (κ1) is 11.4. The third-order valence-electron chi connectivity index (χ3n) is 1.20. The Labute approximate surface area is 73.0 Å². The van der Waals surface area contributed by atoms with Gasteiger partial charge in [-0.2, -0.15) is 0 Å². The van der Waals surface area contributed by atoms with Gasteiger partial charge in [-0.05, 0) is 20.8 Å². The molecular weight excluding hydrogens is 158 g/mol. The lowest BCUT2D eigenvalue weighted by Crippen LogP contribution is -2.37. The zero-order valence-corrected chi connectivity index (χ0v) is 7.87. The van der Waals surface area contributed by atoms with Crippen LogP contribution < -0.4 is 5.73 Å². The molecule has 0 radical (unpaired) electrons. The van der Waals surface area contributed by atoms with Crippen molar-refractivity contribution in [2.45, 2.75) is 32.9 Å². The fourth-order valence-corrected chi connectivity index (χ4v) is 0.613. The molecule has 2 N–H and O–H groups in total. The average Bonchev–Trinajstić information content (AvgIpc) is 2.00. The first-order chi connectivity index (χ1) is 5.57. The Hall–Kier alpha value is -0.610. The molecule has 12 heavy (non-hydrogen) atoms. The van der Waals surface area contributed by atoms with Gasteiger partial charge in [0.05, 0.1) is 19.3 Å². The van der Waals surface area contributed by atoms with Gasteiger partial charge in [0.25, 0.3) is 0 Å². The Morgan fingerprint density at radius 3 is 2.50 bits per heavy atom. The van der Waals surface area contributed by atoms with Crippen LogP contribution in [0.2, 0.25) is 0 Å². The van der Waals surface area contributed by atoms with Crippen molar-refractivity contribution in [3.05, 3.63) is 0 Å². The van der Waals surface area contributed by atoms with Gasteiger partial charge in [0, 0.05) is 0 Å². The van der Waals surface area contributed by atoms with E-state index in [4.69, 9.17) is 15.2 Å². The van der Waals surface area contributed by atoms with E-state index in [1.54, 1.807) is 6.92 Å². The Morgan fingerprint density at radius 1 is 1.50 bits per heavy atom. The first-order valence-corrected chi connectivity index (χ1v) is 4.11. The topological polar surface area (TPSA) is 61.5 Å². The molecule has 0 spiro atoms. The molecular formula is C8H17NO3. The molecule has 0 amide bonds. The van der Waals surface area contributed by atoms with Gasteiger partial charge in [0.2, 0.25) is 0 Å². The molecule has 0 aromatic carbocycles. The standard InChI is InChI=1S/C8H17NO3/c1-4-11-8(10)7(9)5-12-6(2)3/h6-7H,4-5,9H2,1-3H3/t7-/m1/s1. The van der Waals surface area contributed by atoms with E-state index in [1.807, 2.05) is 13.8 Å². The molecule has 0 bridgehead atoms. The molecule has 4 nitrogen and oxygen atoms in total. The van der Waals surface area contributed by atoms with Crippen LogP contribution >= 0.6 is 0 Å². The highest BCUT2D eigenvalue weighted by molar-refractivity contribution is 5.75. The molecule has 72 valence electrons. The highest BCUT2D eigenvalue weighted by atomic mass is 16.5. The smallest absolute Gasteiger partial charge is 0.325 e. The predicted octanol–water partition coefficient (Wildman–Crippen LogP) is 0.302. The lowest BCUT2D eigenvalue weighted by molar-refractivity contribution is -0.146. The second kappa shape index (κ2) is 5.97. The third-order valence-corrected chi connectivity index (χ3v) is 1.20. The van der Waals surface area contributed by atoms with Gasteiger partial charge in [0.1, 0.15) is 6.04 Å². The molecule has 0 saturated heterocycles. The molecule has 0 aliphatic carbocycles. The Morgan fingerprint density at radius 2 is 2.08 bits per heavy atom. The van der Waals surface area contributed by atoms with Gasteiger partial charge in [-0.1, -0.05) is 0 Å². The second-order valence-corrected chi connectivity index (χ2v) is 2.74. The molecule has 0 saturated carbocycles. The highest BCUT2D eigenvalue weighted by Gasteiger charge is 2.14. The van der Waals surface area contributed by atoms with Crippen molar-refractivity contribution in [2.75, 3.05) is 13.2 Å². The van der Waals surface area contributed by atoms with Crippen molar-refractivity contribution in [1.29, 1.82) is 0 Å². The second-order valence-electron chi connectivity index (χ2n) is 2.74. The van der Waals surface area contributed by atoms with Crippen molar-refractivity contribution < 1.29 is 14.3 Å². The zero-order chi connectivity index (χ0) is 9.56. The van der Waals surface area contributed by atoms with Crippen molar-refractivity contribution in [2.24, 2.45) is 5.73 Å². The molecule has 0 rings (SSSR count). The number of ether oxygens (including phenoxy) is 2. The molecule has 0 fully saturated rings. The van der Waals surface area contributed by atoms with Crippen molar-refractivity contribution in [1.82, 2.24) is 0 Å². The maximum absolute atomic E-state index is 10.9. The number of nitrogens with two attached hydrogens (primary N) is 1. The van der Waals surface area contributed by atoms with E-state index in [0.29, 0.717) is 6.61 Å². The summed E-state index contributed by atoms with van der Waals surface area (Å²) in [5.74, 6) is -0.404. The Balaban J connectivity index is 3.56. The van der Waals surface area contributed by atoms with E-state index in [1.165, 1.54) is 0 Å². The lowest BCUT2D eigenvalue weighted by Gasteiger charge is -2.12. The van der Waals surface area contributed by atoms with Crippen LogP contribution in [-0.4, -0.2) is 31.3 Å². The van der Waals surface area contributed by atoms with Gasteiger partial charge >= 0.3 is 5.97 Å². The molecule has 0 aliphatic heterocycles. The summed E-state index contributed by atoms with van der Waals surface area (Å²) in [6.07, 6.45) is 0.0884. The number of hydrogen-bond donors (Lipinski definition) is 1. The summed E-state index contributed by atoms with van der Waals surface area (Å²) in [5, 5.41) is 0. The van der Waals surface area contributed by atoms with Crippen LogP contribution in [0.1, 0.15) is 20.8 Å². The Bertz CT molecular complexity index is 136. The minimum absolute atomic E-state index is 0.0884. The van der Waals surface area contributed by atoms with E-state index in [0.717, 1.165) is 0 Å². The van der Waals surface area contributed by atoms with E-state index in [9.17, 15) is 4.79 Å². The van der Waals surface area contributed by atoms with Crippen LogP contribution in [-0.2, 0) is 14.3 Å². The number of esters is 1. The molecule has 0 aromatic rings. The summed E-state index contributed by atoms with van der Waals surface area (Å²) < 4.78 is 9.84. The SMILES string of the molecule is CCOC(=O)[C@H](N)COC(C)C.